The molecular formula is C23H22Cl2F3N3O2. The van der Waals surface area contributed by atoms with Crippen molar-refractivity contribution >= 4 is 45.9 Å². The number of benzene rings is 2. The lowest BCUT2D eigenvalue weighted by Gasteiger charge is -2.30. The van der Waals surface area contributed by atoms with Gasteiger partial charge in [-0.3, -0.25) is 0 Å². The second kappa shape index (κ2) is 8.56. The number of halogens is 5. The van der Waals surface area contributed by atoms with E-state index in [9.17, 15) is 13.2 Å². The van der Waals surface area contributed by atoms with Gasteiger partial charge in [0.25, 0.3) is 0 Å². The first-order chi connectivity index (χ1) is 15.8. The lowest BCUT2D eigenvalue weighted by Crippen LogP contribution is -2.28. The number of aromatic nitrogens is 2. The Balaban J connectivity index is 1.62. The minimum atomic E-state index is -4.39. The van der Waals surface area contributed by atoms with E-state index in [1.165, 1.54) is 0 Å². The summed E-state index contributed by atoms with van der Waals surface area (Å²) in [6.07, 6.45) is -2.57. The summed E-state index contributed by atoms with van der Waals surface area (Å²) < 4.78 is 51.5. The van der Waals surface area contributed by atoms with Crippen molar-refractivity contribution in [3.05, 3.63) is 45.9 Å². The van der Waals surface area contributed by atoms with Crippen LogP contribution in [0.4, 0.5) is 24.8 Å². The second-order valence-corrected chi connectivity index (χ2v) is 9.22. The maximum Gasteiger partial charge on any atom is 0.411 e. The van der Waals surface area contributed by atoms with E-state index in [1.54, 1.807) is 25.3 Å². The summed E-state index contributed by atoms with van der Waals surface area (Å²) in [7, 11) is 1.58. The number of methoxy groups -OCH3 is 1. The lowest BCUT2D eigenvalue weighted by molar-refractivity contribution is -0.188. The van der Waals surface area contributed by atoms with Crippen LogP contribution in [0.15, 0.2) is 30.3 Å². The Kier molecular flexibility index (Phi) is 5.87. The van der Waals surface area contributed by atoms with E-state index in [-0.39, 0.29) is 5.92 Å². The maximum absolute atomic E-state index is 12.9. The third kappa shape index (κ3) is 4.36. The van der Waals surface area contributed by atoms with Gasteiger partial charge >= 0.3 is 6.18 Å². The van der Waals surface area contributed by atoms with E-state index < -0.39 is 18.9 Å². The van der Waals surface area contributed by atoms with Crippen LogP contribution in [-0.2, 0) is 11.3 Å². The molecule has 1 aromatic heterocycles. The molecule has 1 unspecified atom stereocenters. The predicted octanol–water partition coefficient (Wildman–Crippen LogP) is 6.92. The van der Waals surface area contributed by atoms with Gasteiger partial charge in [-0.25, -0.2) is 4.98 Å². The Labute approximate surface area is 199 Å². The minimum absolute atomic E-state index is 0.0543. The van der Waals surface area contributed by atoms with E-state index in [1.807, 2.05) is 21.6 Å². The number of aryl methyl sites for hydroxylation is 1. The quantitative estimate of drug-likeness (QED) is 0.368. The number of fused-ring (bicyclic) bond motifs is 3. The van der Waals surface area contributed by atoms with Gasteiger partial charge in [0.05, 0.1) is 34.5 Å². The first-order valence-corrected chi connectivity index (χ1v) is 11.5. The Morgan fingerprint density at radius 3 is 2.58 bits per heavy atom. The van der Waals surface area contributed by atoms with Crippen LogP contribution < -0.4 is 9.64 Å². The fourth-order valence-electron chi connectivity index (χ4n) is 4.48. The fraction of sp³-hybridized carbons (Fsp3) is 0.435. The van der Waals surface area contributed by atoms with Crippen molar-refractivity contribution in [1.29, 1.82) is 0 Å². The molecule has 5 rings (SSSR count). The van der Waals surface area contributed by atoms with Crippen molar-refractivity contribution in [2.45, 2.75) is 38.1 Å². The van der Waals surface area contributed by atoms with Gasteiger partial charge in [0.1, 0.15) is 17.9 Å². The summed E-state index contributed by atoms with van der Waals surface area (Å²) in [5.41, 5.74) is 2.76. The number of alkyl halides is 3. The summed E-state index contributed by atoms with van der Waals surface area (Å²) in [5.74, 6) is 1.36. The van der Waals surface area contributed by atoms with Gasteiger partial charge in [-0.1, -0.05) is 29.3 Å². The zero-order chi connectivity index (χ0) is 23.3. The van der Waals surface area contributed by atoms with Crippen LogP contribution >= 0.6 is 23.2 Å². The smallest absolute Gasteiger partial charge is 0.411 e. The first kappa shape index (κ1) is 22.6. The minimum Gasteiger partial charge on any atom is -0.497 e. The molecule has 0 N–H and O–H groups in total. The number of anilines is 2. The molecule has 2 heterocycles. The van der Waals surface area contributed by atoms with Crippen LogP contribution in [0.3, 0.4) is 0 Å². The molecule has 0 amide bonds. The fourth-order valence-corrected chi connectivity index (χ4v) is 4.95. The topological polar surface area (TPSA) is 39.5 Å². The second-order valence-electron chi connectivity index (χ2n) is 8.40. The van der Waals surface area contributed by atoms with Crippen LogP contribution in [0.1, 0.15) is 30.9 Å². The van der Waals surface area contributed by atoms with Crippen LogP contribution in [0.25, 0.3) is 11.0 Å². The SMILES string of the molecule is COc1ccc(N2CCCn3c2nc2c(Cl)ccc(C(OCC(F)(F)F)C4CC4)c23)c(Cl)c1. The first-order valence-electron chi connectivity index (χ1n) is 10.7. The van der Waals surface area contributed by atoms with Gasteiger partial charge in [-0.05, 0) is 43.4 Å². The van der Waals surface area contributed by atoms with Crippen LogP contribution in [0.2, 0.25) is 10.0 Å². The molecule has 1 atom stereocenters. The van der Waals surface area contributed by atoms with Gasteiger partial charge in [-0.2, -0.15) is 13.2 Å². The van der Waals surface area contributed by atoms with Crippen LogP contribution in [-0.4, -0.2) is 36.0 Å². The molecule has 33 heavy (non-hydrogen) atoms. The Morgan fingerprint density at radius 2 is 1.91 bits per heavy atom. The number of ether oxygens (including phenoxy) is 2. The van der Waals surface area contributed by atoms with E-state index >= 15 is 0 Å². The molecule has 1 saturated carbocycles. The van der Waals surface area contributed by atoms with E-state index in [0.29, 0.717) is 45.9 Å². The molecule has 0 bridgehead atoms. The van der Waals surface area contributed by atoms with Crippen molar-refractivity contribution in [3.63, 3.8) is 0 Å². The highest BCUT2D eigenvalue weighted by molar-refractivity contribution is 6.35. The molecule has 3 aromatic rings. The van der Waals surface area contributed by atoms with Gasteiger partial charge in [0.15, 0.2) is 0 Å². The molecule has 10 heteroatoms. The third-order valence-corrected chi connectivity index (χ3v) is 6.70. The summed E-state index contributed by atoms with van der Waals surface area (Å²) in [6.45, 7) is 0.0753. The van der Waals surface area contributed by atoms with E-state index in [0.717, 1.165) is 30.5 Å². The molecule has 1 aliphatic carbocycles. The highest BCUT2D eigenvalue weighted by Gasteiger charge is 2.39. The van der Waals surface area contributed by atoms with Crippen molar-refractivity contribution in [1.82, 2.24) is 9.55 Å². The summed E-state index contributed by atoms with van der Waals surface area (Å²) >= 11 is 13.0. The average Bonchev–Trinajstić information content (AvgIpc) is 3.53. The normalized spacial score (nSPS) is 17.3. The van der Waals surface area contributed by atoms with E-state index in [2.05, 4.69) is 0 Å². The predicted molar refractivity (Wildman–Crippen MR) is 122 cm³/mol. The summed E-state index contributed by atoms with van der Waals surface area (Å²) in [4.78, 5) is 6.82. The zero-order valence-corrected chi connectivity index (χ0v) is 19.3. The number of imidazole rings is 1. The number of hydrogen-bond acceptors (Lipinski definition) is 4. The molecule has 176 valence electrons. The molecular weight excluding hydrogens is 478 g/mol. The molecule has 1 fully saturated rings. The largest absolute Gasteiger partial charge is 0.497 e. The third-order valence-electron chi connectivity index (χ3n) is 6.09. The Morgan fingerprint density at radius 1 is 1.12 bits per heavy atom. The van der Waals surface area contributed by atoms with Crippen LogP contribution in [0, 0.1) is 5.92 Å². The van der Waals surface area contributed by atoms with Crippen molar-refractivity contribution in [2.24, 2.45) is 5.92 Å². The highest BCUT2D eigenvalue weighted by Crippen LogP contribution is 2.48. The van der Waals surface area contributed by atoms with E-state index in [4.69, 9.17) is 37.7 Å². The van der Waals surface area contributed by atoms with Crippen molar-refractivity contribution in [2.75, 3.05) is 25.2 Å². The van der Waals surface area contributed by atoms with Gasteiger partial charge in [0.2, 0.25) is 5.95 Å². The molecule has 1 aliphatic heterocycles. The number of rotatable bonds is 6. The number of nitrogens with zero attached hydrogens (tertiary/aromatic N) is 3. The molecule has 2 aromatic carbocycles. The molecule has 0 spiro atoms. The summed E-state index contributed by atoms with van der Waals surface area (Å²) in [6, 6.07) is 8.91. The Hall–Kier alpha value is -2.16. The number of hydrogen-bond donors (Lipinski definition) is 0. The van der Waals surface area contributed by atoms with Crippen LogP contribution in [0.5, 0.6) is 5.75 Å². The molecule has 0 radical (unpaired) electrons. The Bertz CT molecular complexity index is 1190. The van der Waals surface area contributed by atoms with Gasteiger partial charge < -0.3 is 18.9 Å². The monoisotopic (exact) mass is 499 g/mol. The highest BCUT2D eigenvalue weighted by atomic mass is 35.5. The van der Waals surface area contributed by atoms with Crippen molar-refractivity contribution < 1.29 is 22.6 Å². The zero-order valence-electron chi connectivity index (χ0n) is 17.8. The molecule has 5 nitrogen and oxygen atoms in total. The molecule has 0 saturated heterocycles. The standard InChI is InChI=1S/C23H22Cl2F3N3O2/c1-32-14-5-8-18(17(25)11-14)30-9-2-10-31-20-15(6-7-16(24)19(20)29-22(30)31)21(13-3-4-13)33-12-23(26,27)28/h5-8,11,13,21H,2-4,9-10,12H2,1H3. The van der Waals surface area contributed by atoms with Gasteiger partial charge in [0, 0.05) is 24.7 Å². The molecule has 2 aliphatic rings. The van der Waals surface area contributed by atoms with Gasteiger partial charge in [-0.15, -0.1) is 0 Å². The van der Waals surface area contributed by atoms with Crippen molar-refractivity contribution in [3.8, 4) is 5.75 Å². The average molecular weight is 500 g/mol. The maximum atomic E-state index is 12.9. The summed E-state index contributed by atoms with van der Waals surface area (Å²) in [5, 5.41) is 0.965. The lowest BCUT2D eigenvalue weighted by atomic mass is 10.0.